The lowest BCUT2D eigenvalue weighted by molar-refractivity contribution is 0.0555. The summed E-state index contributed by atoms with van der Waals surface area (Å²) in [7, 11) is 1.40. The second-order valence-electron chi connectivity index (χ2n) is 4.37. The molecule has 2 aromatic rings. The largest absolute Gasteiger partial charge is 0.494 e. The molecule has 0 bridgehead atoms. The van der Waals surface area contributed by atoms with Gasteiger partial charge in [0.1, 0.15) is 35.3 Å². The predicted molar refractivity (Wildman–Crippen MR) is 79.9 cm³/mol. The summed E-state index contributed by atoms with van der Waals surface area (Å²) in [6.07, 6.45) is 0. The van der Waals surface area contributed by atoms with Crippen LogP contribution in [0.25, 0.3) is 5.69 Å². The van der Waals surface area contributed by atoms with Crippen LogP contribution in [-0.4, -0.2) is 29.5 Å². The number of carbonyl (C=O) groups excluding carboxylic acids is 1. The van der Waals surface area contributed by atoms with E-state index in [4.69, 9.17) is 25.7 Å². The van der Waals surface area contributed by atoms with Gasteiger partial charge in [0.2, 0.25) is 0 Å². The fourth-order valence-corrected chi connectivity index (χ4v) is 1.96. The van der Waals surface area contributed by atoms with Crippen LogP contribution in [0.15, 0.2) is 18.2 Å². The van der Waals surface area contributed by atoms with Gasteiger partial charge in [-0.3, -0.25) is 0 Å². The number of ether oxygens (including phenoxy) is 2. The topological polar surface area (TPSA) is 151 Å². The third-order valence-corrected chi connectivity index (χ3v) is 3.04. The van der Waals surface area contributed by atoms with Crippen LogP contribution < -0.4 is 10.5 Å². The maximum atomic E-state index is 11.9. The Hall–Kier alpha value is -4.03. The second kappa shape index (κ2) is 6.82. The lowest BCUT2D eigenvalue weighted by Crippen LogP contribution is -2.09. The fourth-order valence-electron chi connectivity index (χ4n) is 1.96. The Morgan fingerprint density at radius 3 is 2.67 bits per heavy atom. The molecule has 0 unspecified atom stereocenters. The van der Waals surface area contributed by atoms with Crippen molar-refractivity contribution in [2.45, 2.75) is 0 Å². The monoisotopic (exact) mass is 322 g/mol. The lowest BCUT2D eigenvalue weighted by Gasteiger charge is -2.11. The van der Waals surface area contributed by atoms with Crippen LogP contribution in [0.3, 0.4) is 0 Å². The van der Waals surface area contributed by atoms with Gasteiger partial charge in [-0.05, 0) is 18.2 Å². The predicted octanol–water partition coefficient (Wildman–Crippen LogP) is 0.887. The Morgan fingerprint density at radius 2 is 2.08 bits per heavy atom. The summed E-state index contributed by atoms with van der Waals surface area (Å²) in [5.74, 6) is -0.421. The van der Waals surface area contributed by atoms with Crippen molar-refractivity contribution < 1.29 is 14.3 Å². The number of methoxy groups -OCH3 is 1. The van der Waals surface area contributed by atoms with Crippen LogP contribution >= 0.6 is 0 Å². The summed E-state index contributed by atoms with van der Waals surface area (Å²) < 4.78 is 11.1. The van der Waals surface area contributed by atoms with Crippen molar-refractivity contribution in [1.82, 2.24) is 9.78 Å². The normalized spacial score (nSPS) is 9.42. The Bertz CT molecular complexity index is 926. The van der Waals surface area contributed by atoms with Crippen LogP contribution in [-0.2, 0) is 4.74 Å². The minimum atomic E-state index is -0.723. The summed E-state index contributed by atoms with van der Waals surface area (Å²) in [6.45, 7) is -0.392. The Morgan fingerprint density at radius 1 is 1.33 bits per heavy atom. The molecule has 1 aromatic heterocycles. The second-order valence-corrected chi connectivity index (χ2v) is 4.37. The van der Waals surface area contributed by atoms with E-state index in [1.54, 1.807) is 12.1 Å². The van der Waals surface area contributed by atoms with Gasteiger partial charge >= 0.3 is 5.97 Å². The highest BCUT2D eigenvalue weighted by atomic mass is 16.5. The number of carbonyl (C=O) groups is 1. The summed E-state index contributed by atoms with van der Waals surface area (Å²) in [5.41, 5.74) is 5.82. The molecule has 9 nitrogen and oxygen atoms in total. The van der Waals surface area contributed by atoms with Gasteiger partial charge in [-0.1, -0.05) is 0 Å². The van der Waals surface area contributed by atoms with E-state index in [-0.39, 0.29) is 28.3 Å². The van der Waals surface area contributed by atoms with Crippen molar-refractivity contribution in [3.8, 4) is 29.6 Å². The highest BCUT2D eigenvalue weighted by Gasteiger charge is 2.20. The number of nitriles is 3. The number of esters is 1. The molecule has 118 valence electrons. The molecule has 0 atom stereocenters. The van der Waals surface area contributed by atoms with Crippen LogP contribution in [0.5, 0.6) is 5.75 Å². The number of aromatic nitrogens is 2. The summed E-state index contributed by atoms with van der Waals surface area (Å²) in [4.78, 5) is 11.9. The van der Waals surface area contributed by atoms with Crippen molar-refractivity contribution >= 4 is 11.7 Å². The summed E-state index contributed by atoms with van der Waals surface area (Å²) >= 11 is 0. The number of anilines is 1. The molecule has 9 heteroatoms. The minimum absolute atomic E-state index is 0.0626. The van der Waals surface area contributed by atoms with E-state index in [2.05, 4.69) is 5.10 Å². The first kappa shape index (κ1) is 16.3. The molecule has 0 fully saturated rings. The molecule has 0 radical (unpaired) electrons. The van der Waals surface area contributed by atoms with Crippen molar-refractivity contribution in [2.75, 3.05) is 19.5 Å². The first-order valence-electron chi connectivity index (χ1n) is 6.48. The van der Waals surface area contributed by atoms with Crippen molar-refractivity contribution in [2.24, 2.45) is 0 Å². The third kappa shape index (κ3) is 2.80. The molecule has 0 aliphatic rings. The van der Waals surface area contributed by atoms with E-state index in [9.17, 15) is 10.1 Å². The number of nitrogens with two attached hydrogens (primary N) is 1. The number of hydrogen-bond donors (Lipinski definition) is 1. The zero-order chi connectivity index (χ0) is 17.7. The molecule has 0 spiro atoms. The quantitative estimate of drug-likeness (QED) is 0.815. The number of nitrogen functional groups attached to an aromatic ring is 1. The lowest BCUT2D eigenvalue weighted by atomic mass is 10.2. The number of rotatable bonds is 4. The van der Waals surface area contributed by atoms with E-state index in [0.717, 1.165) is 4.68 Å². The van der Waals surface area contributed by atoms with Crippen LogP contribution in [0.4, 0.5) is 5.69 Å². The Balaban J connectivity index is 2.62. The molecule has 0 aliphatic carbocycles. The van der Waals surface area contributed by atoms with E-state index in [1.165, 1.54) is 25.3 Å². The molecule has 2 N–H and O–H groups in total. The Labute approximate surface area is 136 Å². The van der Waals surface area contributed by atoms with E-state index < -0.39 is 12.6 Å². The zero-order valence-electron chi connectivity index (χ0n) is 12.5. The standard InChI is InChI=1S/C15H10N6O3/c1-23-13-3-2-9(15(22)24-5-4-16)6-11(13)21-12(8-18)14(19)10(7-17)20-21/h2-3,6H,5,19H2,1H3. The minimum Gasteiger partial charge on any atom is -0.494 e. The molecule has 2 rings (SSSR count). The number of hydrogen-bond acceptors (Lipinski definition) is 8. The number of nitrogens with zero attached hydrogens (tertiary/aromatic N) is 5. The van der Waals surface area contributed by atoms with Crippen molar-refractivity contribution in [3.05, 3.63) is 35.2 Å². The van der Waals surface area contributed by atoms with E-state index in [0.29, 0.717) is 5.75 Å². The maximum absolute atomic E-state index is 11.9. The molecule has 1 heterocycles. The van der Waals surface area contributed by atoms with E-state index >= 15 is 0 Å². The van der Waals surface area contributed by atoms with Gasteiger partial charge in [-0.15, -0.1) is 0 Å². The highest BCUT2D eigenvalue weighted by Crippen LogP contribution is 2.28. The smallest absolute Gasteiger partial charge is 0.339 e. The SMILES string of the molecule is COc1ccc(C(=O)OCC#N)cc1-n1nc(C#N)c(N)c1C#N. The first-order valence-corrected chi connectivity index (χ1v) is 6.48. The van der Waals surface area contributed by atoms with Gasteiger partial charge in [0.25, 0.3) is 0 Å². The highest BCUT2D eigenvalue weighted by molar-refractivity contribution is 5.90. The molecule has 0 saturated carbocycles. The zero-order valence-corrected chi connectivity index (χ0v) is 12.5. The third-order valence-electron chi connectivity index (χ3n) is 3.04. The summed E-state index contributed by atoms with van der Waals surface area (Å²) in [6, 6.07) is 9.62. The van der Waals surface area contributed by atoms with Crippen LogP contribution in [0.2, 0.25) is 0 Å². The van der Waals surface area contributed by atoms with Gasteiger partial charge in [0, 0.05) is 0 Å². The van der Waals surface area contributed by atoms with Crippen molar-refractivity contribution in [3.63, 3.8) is 0 Å². The number of benzene rings is 1. The average molecular weight is 322 g/mol. The molecule has 0 saturated heterocycles. The van der Waals surface area contributed by atoms with Gasteiger partial charge in [0.05, 0.1) is 12.7 Å². The molecule has 24 heavy (non-hydrogen) atoms. The van der Waals surface area contributed by atoms with Gasteiger partial charge in [-0.25, -0.2) is 9.48 Å². The molecule has 0 amide bonds. The molecule has 0 aliphatic heterocycles. The van der Waals surface area contributed by atoms with Crippen LogP contribution in [0.1, 0.15) is 21.7 Å². The van der Waals surface area contributed by atoms with Crippen molar-refractivity contribution in [1.29, 1.82) is 15.8 Å². The summed E-state index contributed by atoms with van der Waals surface area (Å²) in [5, 5.41) is 30.7. The van der Waals surface area contributed by atoms with Gasteiger partial charge < -0.3 is 15.2 Å². The fraction of sp³-hybridized carbons (Fsp3) is 0.133. The molecular weight excluding hydrogens is 312 g/mol. The Kier molecular flexibility index (Phi) is 4.64. The molecule has 1 aromatic carbocycles. The van der Waals surface area contributed by atoms with Gasteiger partial charge in [0.15, 0.2) is 18.0 Å². The maximum Gasteiger partial charge on any atom is 0.339 e. The average Bonchev–Trinajstić information content (AvgIpc) is 2.94. The van der Waals surface area contributed by atoms with E-state index in [1.807, 2.05) is 6.07 Å². The first-order chi connectivity index (χ1) is 11.6. The molecular formula is C15H10N6O3. The van der Waals surface area contributed by atoms with Gasteiger partial charge in [-0.2, -0.15) is 20.9 Å². The van der Waals surface area contributed by atoms with Crippen LogP contribution in [0, 0.1) is 34.0 Å².